The van der Waals surface area contributed by atoms with Crippen molar-refractivity contribution < 1.29 is 19.1 Å². The summed E-state index contributed by atoms with van der Waals surface area (Å²) in [5, 5.41) is 7.37. The van der Waals surface area contributed by atoms with E-state index in [4.69, 9.17) is 27.9 Å². The maximum absolute atomic E-state index is 11.8. The molecular formula is C15H13Cl2N3O4S. The number of halogens is 2. The predicted octanol–water partition coefficient (Wildman–Crippen LogP) is 2.66. The number of esters is 1. The van der Waals surface area contributed by atoms with Gasteiger partial charge in [0.05, 0.1) is 22.2 Å². The van der Waals surface area contributed by atoms with Gasteiger partial charge in [-0.05, 0) is 12.1 Å². The first-order valence-corrected chi connectivity index (χ1v) is 8.60. The summed E-state index contributed by atoms with van der Waals surface area (Å²) in [6, 6.07) is 4.44. The molecule has 2 rings (SSSR count). The number of urea groups is 1. The molecule has 0 radical (unpaired) electrons. The van der Waals surface area contributed by atoms with Gasteiger partial charge in [-0.2, -0.15) is 0 Å². The molecule has 0 aliphatic heterocycles. The number of benzene rings is 1. The molecule has 0 atom stereocenters. The number of rotatable bonds is 5. The van der Waals surface area contributed by atoms with Crippen molar-refractivity contribution in [2.24, 2.45) is 0 Å². The van der Waals surface area contributed by atoms with E-state index in [0.29, 0.717) is 26.3 Å². The summed E-state index contributed by atoms with van der Waals surface area (Å²) in [5.74, 6) is -1.37. The number of hydrogen-bond donors (Lipinski definition) is 2. The number of nitrogens with zero attached hydrogens (tertiary/aromatic N) is 1. The normalized spacial score (nSPS) is 10.2. The number of carbonyl (C=O) groups is 3. The van der Waals surface area contributed by atoms with Crippen molar-refractivity contribution in [2.75, 3.05) is 13.7 Å². The Morgan fingerprint density at radius 3 is 2.56 bits per heavy atom. The molecule has 0 aliphatic rings. The zero-order valence-electron chi connectivity index (χ0n) is 13.0. The third-order valence-electron chi connectivity index (χ3n) is 2.90. The molecule has 0 saturated heterocycles. The van der Waals surface area contributed by atoms with Crippen LogP contribution in [0.15, 0.2) is 23.6 Å². The molecule has 0 fully saturated rings. The molecule has 1 heterocycles. The van der Waals surface area contributed by atoms with Crippen LogP contribution in [-0.4, -0.2) is 36.5 Å². The molecule has 2 aromatic rings. The van der Waals surface area contributed by atoms with Crippen molar-refractivity contribution in [1.82, 2.24) is 15.6 Å². The van der Waals surface area contributed by atoms with Gasteiger partial charge in [-0.1, -0.05) is 29.3 Å². The topological polar surface area (TPSA) is 97.4 Å². The average molecular weight is 402 g/mol. The summed E-state index contributed by atoms with van der Waals surface area (Å²) in [5.41, 5.74) is 1.06. The van der Waals surface area contributed by atoms with Gasteiger partial charge in [-0.15, -0.1) is 11.3 Å². The lowest BCUT2D eigenvalue weighted by atomic mass is 10.2. The molecule has 1 aromatic heterocycles. The number of carbonyl (C=O) groups excluding carboxylic acids is 3. The molecule has 0 aliphatic carbocycles. The molecule has 2 N–H and O–H groups in total. The van der Waals surface area contributed by atoms with Gasteiger partial charge < -0.3 is 10.1 Å². The highest BCUT2D eigenvalue weighted by Gasteiger charge is 2.15. The number of thiazole rings is 1. The molecule has 132 valence electrons. The van der Waals surface area contributed by atoms with E-state index in [1.54, 1.807) is 23.6 Å². The van der Waals surface area contributed by atoms with Crippen molar-refractivity contribution in [3.8, 4) is 10.6 Å². The Hall–Kier alpha value is -2.16. The van der Waals surface area contributed by atoms with Gasteiger partial charge in [0.1, 0.15) is 5.01 Å². The van der Waals surface area contributed by atoms with Crippen LogP contribution in [0.25, 0.3) is 10.6 Å². The van der Waals surface area contributed by atoms with E-state index in [1.807, 2.05) is 5.32 Å². The average Bonchev–Trinajstić information content (AvgIpc) is 3.00. The third-order valence-corrected chi connectivity index (χ3v) is 4.44. The monoisotopic (exact) mass is 401 g/mol. The highest BCUT2D eigenvalue weighted by Crippen LogP contribution is 2.36. The smallest absolute Gasteiger partial charge is 0.321 e. The van der Waals surface area contributed by atoms with Crippen molar-refractivity contribution >= 4 is 52.4 Å². The Kier molecular flexibility index (Phi) is 6.74. The van der Waals surface area contributed by atoms with E-state index in [2.05, 4.69) is 10.3 Å². The zero-order chi connectivity index (χ0) is 18.4. The highest BCUT2D eigenvalue weighted by molar-refractivity contribution is 7.13. The summed E-state index contributed by atoms with van der Waals surface area (Å²) in [7, 11) is 1.36. The Labute approximate surface area is 157 Å². The fraction of sp³-hybridized carbons (Fsp3) is 0.200. The Morgan fingerprint density at radius 1 is 1.24 bits per heavy atom. The number of aromatic nitrogens is 1. The standard InChI is InChI=1S/C15H13Cl2N3O4S/c1-18-15(23)20-11(21)6-24-12(22)5-8-7-25-14(19-8)13-9(16)3-2-4-10(13)17/h2-4,7H,5-6H2,1H3,(H2,18,20,21,23). The van der Waals surface area contributed by atoms with E-state index >= 15 is 0 Å². The lowest BCUT2D eigenvalue weighted by Crippen LogP contribution is -2.39. The summed E-state index contributed by atoms with van der Waals surface area (Å²) in [4.78, 5) is 38.4. The summed E-state index contributed by atoms with van der Waals surface area (Å²) in [6.07, 6.45) is -0.119. The molecule has 25 heavy (non-hydrogen) atoms. The molecular weight excluding hydrogens is 389 g/mol. The quantitative estimate of drug-likeness (QED) is 0.750. The number of ether oxygens (including phenoxy) is 1. The Balaban J connectivity index is 1.94. The zero-order valence-corrected chi connectivity index (χ0v) is 15.3. The minimum absolute atomic E-state index is 0.119. The van der Waals surface area contributed by atoms with Gasteiger partial charge in [-0.25, -0.2) is 9.78 Å². The van der Waals surface area contributed by atoms with Crippen molar-refractivity contribution in [3.63, 3.8) is 0 Å². The van der Waals surface area contributed by atoms with E-state index in [0.717, 1.165) is 0 Å². The number of amides is 3. The maximum atomic E-state index is 11.8. The molecule has 7 nitrogen and oxygen atoms in total. The second-order valence-electron chi connectivity index (χ2n) is 4.71. The van der Waals surface area contributed by atoms with Crippen LogP contribution in [0.2, 0.25) is 10.0 Å². The summed E-state index contributed by atoms with van der Waals surface area (Å²) in [6.45, 7) is -0.556. The molecule has 1 aromatic carbocycles. The van der Waals surface area contributed by atoms with Crippen LogP contribution < -0.4 is 10.6 Å². The van der Waals surface area contributed by atoms with E-state index in [1.165, 1.54) is 18.4 Å². The Bertz CT molecular complexity index is 790. The predicted molar refractivity (Wildman–Crippen MR) is 94.8 cm³/mol. The van der Waals surface area contributed by atoms with Gasteiger partial charge >= 0.3 is 12.0 Å². The Morgan fingerprint density at radius 2 is 1.92 bits per heavy atom. The van der Waals surface area contributed by atoms with Gasteiger partial charge in [0, 0.05) is 18.0 Å². The van der Waals surface area contributed by atoms with Gasteiger partial charge in [0.25, 0.3) is 5.91 Å². The van der Waals surface area contributed by atoms with E-state index in [-0.39, 0.29) is 6.42 Å². The number of nitrogens with one attached hydrogen (secondary N) is 2. The minimum Gasteiger partial charge on any atom is -0.455 e. The van der Waals surface area contributed by atoms with Gasteiger partial charge in [0.15, 0.2) is 6.61 Å². The second-order valence-corrected chi connectivity index (χ2v) is 6.38. The van der Waals surface area contributed by atoms with E-state index in [9.17, 15) is 14.4 Å². The molecule has 0 saturated carbocycles. The lowest BCUT2D eigenvalue weighted by molar-refractivity contribution is -0.147. The van der Waals surface area contributed by atoms with E-state index < -0.39 is 24.5 Å². The molecule has 0 spiro atoms. The third kappa shape index (κ3) is 5.42. The van der Waals surface area contributed by atoms with Crippen LogP contribution in [-0.2, 0) is 20.7 Å². The first-order valence-electron chi connectivity index (χ1n) is 6.96. The van der Waals surface area contributed by atoms with Gasteiger partial charge in [-0.3, -0.25) is 14.9 Å². The van der Waals surface area contributed by atoms with Crippen LogP contribution in [0.1, 0.15) is 5.69 Å². The summed E-state index contributed by atoms with van der Waals surface area (Å²) < 4.78 is 4.80. The lowest BCUT2D eigenvalue weighted by Gasteiger charge is -2.04. The first-order chi connectivity index (χ1) is 11.9. The van der Waals surface area contributed by atoms with Crippen LogP contribution in [0.4, 0.5) is 4.79 Å². The SMILES string of the molecule is CNC(=O)NC(=O)COC(=O)Cc1csc(-c2c(Cl)cccc2Cl)n1. The van der Waals surface area contributed by atoms with Crippen LogP contribution in [0, 0.1) is 0 Å². The molecule has 10 heteroatoms. The van der Waals surface area contributed by atoms with Crippen LogP contribution in [0.3, 0.4) is 0 Å². The summed E-state index contributed by atoms with van der Waals surface area (Å²) >= 11 is 13.5. The molecule has 3 amide bonds. The van der Waals surface area contributed by atoms with Gasteiger partial charge in [0.2, 0.25) is 0 Å². The first kappa shape index (κ1) is 19.2. The fourth-order valence-corrected chi connectivity index (χ4v) is 3.36. The van der Waals surface area contributed by atoms with Crippen LogP contribution >= 0.6 is 34.5 Å². The molecule has 0 bridgehead atoms. The van der Waals surface area contributed by atoms with Crippen LogP contribution in [0.5, 0.6) is 0 Å². The molecule has 0 unspecified atom stereocenters. The number of imide groups is 1. The largest absolute Gasteiger partial charge is 0.455 e. The fourth-order valence-electron chi connectivity index (χ4n) is 1.78. The van der Waals surface area contributed by atoms with Crippen molar-refractivity contribution in [2.45, 2.75) is 6.42 Å². The maximum Gasteiger partial charge on any atom is 0.321 e. The van der Waals surface area contributed by atoms with Crippen molar-refractivity contribution in [1.29, 1.82) is 0 Å². The van der Waals surface area contributed by atoms with Crippen molar-refractivity contribution in [3.05, 3.63) is 39.3 Å². The second kappa shape index (κ2) is 8.80. The number of hydrogen-bond acceptors (Lipinski definition) is 6. The highest BCUT2D eigenvalue weighted by atomic mass is 35.5. The minimum atomic E-state index is -0.727.